The van der Waals surface area contributed by atoms with E-state index in [9.17, 15) is 0 Å². The zero-order valence-electron chi connectivity index (χ0n) is 14.8. The van der Waals surface area contributed by atoms with Gasteiger partial charge < -0.3 is 4.74 Å². The van der Waals surface area contributed by atoms with Crippen molar-refractivity contribution in [3.8, 4) is 16.3 Å². The Kier molecular flexibility index (Phi) is 5.04. The highest BCUT2D eigenvalue weighted by Crippen LogP contribution is 2.37. The largest absolute Gasteiger partial charge is 0.483 e. The Labute approximate surface area is 171 Å². The third-order valence-electron chi connectivity index (χ3n) is 4.19. The van der Waals surface area contributed by atoms with Crippen LogP contribution >= 0.6 is 34.5 Å². The number of aromatic nitrogens is 2. The quantitative estimate of drug-likeness (QED) is 0.365. The number of ether oxygens (including phenoxy) is 1. The maximum Gasteiger partial charge on any atom is 0.164 e. The van der Waals surface area contributed by atoms with Crippen molar-refractivity contribution in [1.29, 1.82) is 0 Å². The molecular formula is C21H16Cl2N2OS. The molecule has 0 amide bonds. The molecule has 4 rings (SSSR count). The molecule has 0 fully saturated rings. The lowest BCUT2D eigenvalue weighted by atomic mass is 10.2. The van der Waals surface area contributed by atoms with Gasteiger partial charge >= 0.3 is 0 Å². The van der Waals surface area contributed by atoms with Crippen LogP contribution < -0.4 is 4.74 Å². The Morgan fingerprint density at radius 3 is 2.52 bits per heavy atom. The number of nitrogens with zero attached hydrogens (tertiary/aromatic N) is 2. The first-order valence-electron chi connectivity index (χ1n) is 8.41. The molecule has 0 atom stereocenters. The van der Waals surface area contributed by atoms with Gasteiger partial charge in [0.1, 0.15) is 17.1 Å². The zero-order valence-corrected chi connectivity index (χ0v) is 17.1. The Bertz CT molecular complexity index is 1120. The first kappa shape index (κ1) is 18.2. The molecule has 0 N–H and O–H groups in total. The third kappa shape index (κ3) is 3.79. The van der Waals surface area contributed by atoms with Crippen molar-refractivity contribution >= 4 is 45.4 Å². The number of hydrogen-bond acceptors (Lipinski definition) is 4. The van der Waals surface area contributed by atoms with Gasteiger partial charge in [-0.3, -0.25) is 0 Å². The molecule has 3 nitrogen and oxygen atoms in total. The summed E-state index contributed by atoms with van der Waals surface area (Å²) in [5, 5.41) is 4.79. The minimum Gasteiger partial charge on any atom is -0.483 e. The summed E-state index contributed by atoms with van der Waals surface area (Å²) in [7, 11) is 0. The van der Waals surface area contributed by atoms with Gasteiger partial charge in [0.2, 0.25) is 0 Å². The van der Waals surface area contributed by atoms with Crippen molar-refractivity contribution in [2.24, 2.45) is 0 Å². The van der Waals surface area contributed by atoms with Gasteiger partial charge in [0.15, 0.2) is 5.75 Å². The molecule has 0 aliphatic rings. The van der Waals surface area contributed by atoms with Gasteiger partial charge in [-0.1, -0.05) is 53.0 Å². The van der Waals surface area contributed by atoms with Crippen LogP contribution in [0.5, 0.6) is 5.75 Å². The molecule has 0 aliphatic carbocycles. The fourth-order valence-electron chi connectivity index (χ4n) is 2.78. The highest BCUT2D eigenvalue weighted by atomic mass is 35.5. The average molecular weight is 415 g/mol. The van der Waals surface area contributed by atoms with Crippen molar-refractivity contribution in [2.45, 2.75) is 20.5 Å². The van der Waals surface area contributed by atoms with Gasteiger partial charge in [-0.25, -0.2) is 9.97 Å². The molecule has 0 aliphatic heterocycles. The van der Waals surface area contributed by atoms with E-state index in [0.29, 0.717) is 27.9 Å². The number of thiazole rings is 1. The summed E-state index contributed by atoms with van der Waals surface area (Å²) in [6, 6.07) is 13.9. The summed E-state index contributed by atoms with van der Waals surface area (Å²) in [5.74, 6) is 0.532. The highest BCUT2D eigenvalue weighted by Gasteiger charge is 2.14. The fourth-order valence-corrected chi connectivity index (χ4v) is 4.16. The summed E-state index contributed by atoms with van der Waals surface area (Å²) in [5.41, 5.74) is 4.72. The Morgan fingerprint density at radius 2 is 1.74 bits per heavy atom. The fraction of sp³-hybridized carbons (Fsp3) is 0.143. The summed E-state index contributed by atoms with van der Waals surface area (Å²) >= 11 is 14.3. The Hall–Kier alpha value is -2.14. The Balaban J connectivity index is 1.61. The molecule has 2 aromatic carbocycles. The molecule has 0 saturated heterocycles. The van der Waals surface area contributed by atoms with Crippen LogP contribution in [0.3, 0.4) is 0 Å². The lowest BCUT2D eigenvalue weighted by Crippen LogP contribution is -1.99. The number of pyridine rings is 1. The predicted molar refractivity (Wildman–Crippen MR) is 113 cm³/mol. The van der Waals surface area contributed by atoms with Gasteiger partial charge in [-0.2, -0.15) is 0 Å². The van der Waals surface area contributed by atoms with Crippen LogP contribution in [0.4, 0.5) is 0 Å². The van der Waals surface area contributed by atoms with E-state index in [1.54, 1.807) is 17.4 Å². The van der Waals surface area contributed by atoms with Crippen LogP contribution in [-0.2, 0) is 6.61 Å². The average Bonchev–Trinajstić information content (AvgIpc) is 3.11. The predicted octanol–water partition coefficient (Wildman–Crippen LogP) is 6.86. The molecule has 0 radical (unpaired) electrons. The van der Waals surface area contributed by atoms with Gasteiger partial charge in [-0.15, -0.1) is 11.3 Å². The summed E-state index contributed by atoms with van der Waals surface area (Å²) in [6.07, 6.45) is 0. The normalized spacial score (nSPS) is 11.1. The second kappa shape index (κ2) is 7.47. The van der Waals surface area contributed by atoms with Crippen molar-refractivity contribution in [2.75, 3.05) is 0 Å². The van der Waals surface area contributed by atoms with Crippen LogP contribution in [0.2, 0.25) is 10.0 Å². The number of halogens is 2. The van der Waals surface area contributed by atoms with Crippen LogP contribution in [0.25, 0.3) is 21.5 Å². The number of hydrogen-bond donors (Lipinski definition) is 0. The maximum atomic E-state index is 6.38. The van der Waals surface area contributed by atoms with E-state index in [1.165, 1.54) is 5.56 Å². The molecule has 2 heterocycles. The summed E-state index contributed by atoms with van der Waals surface area (Å²) in [6.45, 7) is 4.31. The van der Waals surface area contributed by atoms with E-state index >= 15 is 0 Å². The minimum atomic E-state index is 0.314. The maximum absolute atomic E-state index is 6.38. The second-order valence-corrected chi connectivity index (χ2v) is 7.99. The van der Waals surface area contributed by atoms with Gasteiger partial charge in [0.05, 0.1) is 15.7 Å². The van der Waals surface area contributed by atoms with Crippen molar-refractivity contribution in [3.63, 3.8) is 0 Å². The summed E-state index contributed by atoms with van der Waals surface area (Å²) < 4.78 is 6.01. The van der Waals surface area contributed by atoms with E-state index in [2.05, 4.69) is 41.2 Å². The number of benzene rings is 2. The standard InChI is InChI=1S/C21H16Cl2N2OS/c1-12-3-6-14(7-4-12)21-25-15(11-27-21)10-26-20-18(23)9-17(22)16-8-5-13(2)24-19(16)20/h3-9,11H,10H2,1-2H3. The van der Waals surface area contributed by atoms with Gasteiger partial charge in [0, 0.05) is 22.0 Å². The highest BCUT2D eigenvalue weighted by molar-refractivity contribution is 7.13. The number of aryl methyl sites for hydroxylation is 2. The molecular weight excluding hydrogens is 399 g/mol. The molecule has 27 heavy (non-hydrogen) atoms. The van der Waals surface area contributed by atoms with Crippen LogP contribution in [-0.4, -0.2) is 9.97 Å². The molecule has 0 bridgehead atoms. The van der Waals surface area contributed by atoms with E-state index in [0.717, 1.165) is 27.3 Å². The van der Waals surface area contributed by atoms with Gasteiger partial charge in [0.25, 0.3) is 0 Å². The van der Waals surface area contributed by atoms with Crippen LogP contribution in [0.15, 0.2) is 47.8 Å². The van der Waals surface area contributed by atoms with E-state index in [4.69, 9.17) is 27.9 Å². The van der Waals surface area contributed by atoms with E-state index in [1.807, 2.05) is 24.4 Å². The molecule has 2 aromatic heterocycles. The lowest BCUT2D eigenvalue weighted by Gasteiger charge is -2.11. The van der Waals surface area contributed by atoms with Crippen molar-refractivity contribution in [3.05, 3.63) is 74.8 Å². The monoisotopic (exact) mass is 414 g/mol. The molecule has 0 saturated carbocycles. The van der Waals surface area contributed by atoms with Crippen molar-refractivity contribution < 1.29 is 4.74 Å². The van der Waals surface area contributed by atoms with E-state index < -0.39 is 0 Å². The topological polar surface area (TPSA) is 35.0 Å². The molecule has 4 aromatic rings. The smallest absolute Gasteiger partial charge is 0.164 e. The van der Waals surface area contributed by atoms with Crippen LogP contribution in [0, 0.1) is 13.8 Å². The number of fused-ring (bicyclic) bond motifs is 1. The minimum absolute atomic E-state index is 0.314. The third-order valence-corrected chi connectivity index (χ3v) is 5.73. The zero-order chi connectivity index (χ0) is 19.0. The SMILES string of the molecule is Cc1ccc(-c2nc(COc3c(Cl)cc(Cl)c4ccc(C)nc34)cs2)cc1. The first-order valence-corrected chi connectivity index (χ1v) is 10.0. The molecule has 0 spiro atoms. The molecule has 136 valence electrons. The summed E-state index contributed by atoms with van der Waals surface area (Å²) in [4.78, 5) is 9.23. The Morgan fingerprint density at radius 1 is 0.963 bits per heavy atom. The second-order valence-electron chi connectivity index (χ2n) is 6.32. The van der Waals surface area contributed by atoms with Crippen molar-refractivity contribution in [1.82, 2.24) is 9.97 Å². The molecule has 6 heteroatoms. The lowest BCUT2D eigenvalue weighted by molar-refractivity contribution is 0.305. The van der Waals surface area contributed by atoms with Gasteiger partial charge in [-0.05, 0) is 32.0 Å². The molecule has 0 unspecified atom stereocenters. The van der Waals surface area contributed by atoms with E-state index in [-0.39, 0.29) is 0 Å². The first-order chi connectivity index (χ1) is 13.0. The number of rotatable bonds is 4. The van der Waals surface area contributed by atoms with Crippen LogP contribution in [0.1, 0.15) is 17.0 Å².